The zero-order chi connectivity index (χ0) is 15.0. The molecule has 0 atom stereocenters. The van der Waals surface area contributed by atoms with Gasteiger partial charge in [-0.2, -0.15) is 5.10 Å². The van der Waals surface area contributed by atoms with Crippen LogP contribution >= 0.6 is 11.3 Å². The van der Waals surface area contributed by atoms with Crippen molar-refractivity contribution < 1.29 is 4.92 Å². The summed E-state index contributed by atoms with van der Waals surface area (Å²) in [5, 5.41) is 17.9. The smallest absolute Gasteiger partial charge is 0.258 e. The van der Waals surface area contributed by atoms with E-state index in [2.05, 4.69) is 10.1 Å². The van der Waals surface area contributed by atoms with E-state index in [4.69, 9.17) is 0 Å². The van der Waals surface area contributed by atoms with Crippen molar-refractivity contribution in [1.82, 2.24) is 14.8 Å². The number of benzene rings is 1. The number of nitro benzene ring substituents is 1. The maximum absolute atomic E-state index is 10.8. The Bertz CT molecular complexity index is 822. The maximum Gasteiger partial charge on any atom is 0.270 e. The molecule has 3 rings (SSSR count). The molecule has 0 spiro atoms. The molecule has 2 heterocycles. The highest BCUT2D eigenvalue weighted by molar-refractivity contribution is 7.12. The van der Waals surface area contributed by atoms with Crippen molar-refractivity contribution in [3.8, 4) is 16.4 Å². The van der Waals surface area contributed by atoms with Crippen molar-refractivity contribution in [2.45, 2.75) is 13.8 Å². The highest BCUT2D eigenvalue weighted by Gasteiger charge is 2.12. The molecule has 0 unspecified atom stereocenters. The third-order valence-electron chi connectivity index (χ3n) is 3.04. The molecule has 0 aliphatic carbocycles. The van der Waals surface area contributed by atoms with Crippen molar-refractivity contribution in [2.24, 2.45) is 0 Å². The van der Waals surface area contributed by atoms with Gasteiger partial charge in [-0.3, -0.25) is 10.1 Å². The van der Waals surface area contributed by atoms with Crippen molar-refractivity contribution >= 4 is 17.0 Å². The summed E-state index contributed by atoms with van der Waals surface area (Å²) in [6.45, 7) is 3.90. The van der Waals surface area contributed by atoms with Crippen molar-refractivity contribution in [1.29, 1.82) is 0 Å². The summed E-state index contributed by atoms with van der Waals surface area (Å²) in [7, 11) is 0. The molecule has 0 bridgehead atoms. The fourth-order valence-electron chi connectivity index (χ4n) is 2.10. The molecule has 21 heavy (non-hydrogen) atoms. The van der Waals surface area contributed by atoms with E-state index < -0.39 is 4.92 Å². The summed E-state index contributed by atoms with van der Waals surface area (Å²) >= 11 is 1.46. The molecule has 0 saturated carbocycles. The first kappa shape index (κ1) is 13.4. The van der Waals surface area contributed by atoms with Crippen LogP contribution in [-0.2, 0) is 0 Å². The highest BCUT2D eigenvalue weighted by Crippen LogP contribution is 2.27. The second-order valence-corrected chi connectivity index (χ2v) is 5.50. The number of hydrogen-bond donors (Lipinski definition) is 0. The predicted molar refractivity (Wildman–Crippen MR) is 80.8 cm³/mol. The van der Waals surface area contributed by atoms with Crippen LogP contribution in [0.4, 0.5) is 5.69 Å². The van der Waals surface area contributed by atoms with Crippen LogP contribution in [0.25, 0.3) is 16.4 Å². The molecule has 0 N–H and O–H groups in total. The number of hydrogen-bond acceptors (Lipinski definition) is 5. The van der Waals surface area contributed by atoms with Crippen LogP contribution in [0.15, 0.2) is 35.7 Å². The number of aryl methyl sites for hydroxylation is 2. The number of nitro groups is 1. The van der Waals surface area contributed by atoms with Gasteiger partial charge in [-0.25, -0.2) is 9.67 Å². The molecule has 0 fully saturated rings. The van der Waals surface area contributed by atoms with Gasteiger partial charge in [0.25, 0.3) is 5.69 Å². The average Bonchev–Trinajstić information content (AvgIpc) is 3.05. The SMILES string of the molecule is Cc1cc(C)n(-c2nc(-c3cccc([N+](=O)[O-])c3)cs2)n1. The topological polar surface area (TPSA) is 73.8 Å². The Morgan fingerprint density at radius 1 is 1.29 bits per heavy atom. The quantitative estimate of drug-likeness (QED) is 0.548. The van der Waals surface area contributed by atoms with Crippen LogP contribution in [-0.4, -0.2) is 19.7 Å². The molecule has 106 valence electrons. The number of non-ortho nitro benzene ring substituents is 1. The van der Waals surface area contributed by atoms with Crippen LogP contribution < -0.4 is 0 Å². The molecule has 1 aromatic carbocycles. The summed E-state index contributed by atoms with van der Waals surface area (Å²) in [5.41, 5.74) is 3.44. The fourth-order valence-corrected chi connectivity index (χ4v) is 2.94. The lowest BCUT2D eigenvalue weighted by Gasteiger charge is -1.99. The summed E-state index contributed by atoms with van der Waals surface area (Å²) in [5.74, 6) is 0. The van der Waals surface area contributed by atoms with Gasteiger partial charge in [0, 0.05) is 28.8 Å². The van der Waals surface area contributed by atoms with Crippen LogP contribution in [0.5, 0.6) is 0 Å². The van der Waals surface area contributed by atoms with E-state index in [9.17, 15) is 10.1 Å². The first-order valence-corrected chi connectivity index (χ1v) is 7.16. The van der Waals surface area contributed by atoms with E-state index in [-0.39, 0.29) is 5.69 Å². The van der Waals surface area contributed by atoms with Gasteiger partial charge in [0.1, 0.15) is 0 Å². The monoisotopic (exact) mass is 300 g/mol. The second kappa shape index (κ2) is 5.10. The first-order valence-electron chi connectivity index (χ1n) is 6.28. The van der Waals surface area contributed by atoms with Gasteiger partial charge in [-0.1, -0.05) is 12.1 Å². The molecule has 0 amide bonds. The Kier molecular flexibility index (Phi) is 3.26. The van der Waals surface area contributed by atoms with Gasteiger partial charge < -0.3 is 0 Å². The third-order valence-corrected chi connectivity index (χ3v) is 3.85. The van der Waals surface area contributed by atoms with E-state index in [1.807, 2.05) is 31.4 Å². The van der Waals surface area contributed by atoms with Crippen LogP contribution in [0.1, 0.15) is 11.4 Å². The van der Waals surface area contributed by atoms with Gasteiger partial charge in [0.05, 0.1) is 16.3 Å². The molecular weight excluding hydrogens is 288 g/mol. The molecular formula is C14H12N4O2S. The first-order chi connectivity index (χ1) is 10.0. The molecule has 0 aliphatic heterocycles. The highest BCUT2D eigenvalue weighted by atomic mass is 32.1. The van der Waals surface area contributed by atoms with Crippen molar-refractivity contribution in [2.75, 3.05) is 0 Å². The minimum atomic E-state index is -0.405. The van der Waals surface area contributed by atoms with Gasteiger partial charge in [-0.05, 0) is 19.9 Å². The molecule has 6 nitrogen and oxygen atoms in total. The lowest BCUT2D eigenvalue weighted by molar-refractivity contribution is -0.384. The van der Waals surface area contributed by atoms with E-state index in [1.54, 1.807) is 10.7 Å². The number of rotatable bonds is 3. The normalized spacial score (nSPS) is 10.8. The van der Waals surface area contributed by atoms with Crippen LogP contribution in [0.3, 0.4) is 0 Å². The summed E-state index contributed by atoms with van der Waals surface area (Å²) in [6.07, 6.45) is 0. The van der Waals surface area contributed by atoms with Crippen molar-refractivity contribution in [3.63, 3.8) is 0 Å². The Labute approximate surface area is 124 Å². The van der Waals surface area contributed by atoms with Gasteiger partial charge in [0.2, 0.25) is 5.13 Å². The number of thiazole rings is 1. The van der Waals surface area contributed by atoms with Crippen LogP contribution in [0.2, 0.25) is 0 Å². The summed E-state index contributed by atoms with van der Waals surface area (Å²) < 4.78 is 1.78. The lowest BCUT2D eigenvalue weighted by Crippen LogP contribution is -1.98. The Hall–Kier alpha value is -2.54. The van der Waals surface area contributed by atoms with E-state index in [1.165, 1.54) is 23.5 Å². The van der Waals surface area contributed by atoms with E-state index >= 15 is 0 Å². The molecule has 2 aromatic heterocycles. The van der Waals surface area contributed by atoms with Crippen LogP contribution in [0, 0.1) is 24.0 Å². The number of nitrogens with zero attached hydrogens (tertiary/aromatic N) is 4. The van der Waals surface area contributed by atoms with Gasteiger partial charge in [0.15, 0.2) is 0 Å². The van der Waals surface area contributed by atoms with Gasteiger partial charge >= 0.3 is 0 Å². The predicted octanol–water partition coefficient (Wildman–Crippen LogP) is 3.52. The third kappa shape index (κ3) is 2.55. The van der Waals surface area contributed by atoms with E-state index in [0.717, 1.165) is 22.1 Å². The molecule has 3 aromatic rings. The van der Waals surface area contributed by atoms with E-state index in [0.29, 0.717) is 5.69 Å². The molecule has 7 heteroatoms. The number of aromatic nitrogens is 3. The fraction of sp³-hybridized carbons (Fsp3) is 0.143. The zero-order valence-corrected chi connectivity index (χ0v) is 12.3. The zero-order valence-electron chi connectivity index (χ0n) is 11.5. The standard InChI is InChI=1S/C14H12N4O2S/c1-9-6-10(2)17(16-9)14-15-13(8-21-14)11-4-3-5-12(7-11)18(19)20/h3-8H,1-2H3. The molecule has 0 radical (unpaired) electrons. The van der Waals surface area contributed by atoms with Crippen molar-refractivity contribution in [3.05, 3.63) is 57.2 Å². The second-order valence-electron chi connectivity index (χ2n) is 4.66. The lowest BCUT2D eigenvalue weighted by atomic mass is 10.1. The largest absolute Gasteiger partial charge is 0.270 e. The average molecular weight is 300 g/mol. The Morgan fingerprint density at radius 3 is 2.76 bits per heavy atom. The molecule has 0 aliphatic rings. The Balaban J connectivity index is 2.00. The minimum Gasteiger partial charge on any atom is -0.258 e. The van der Waals surface area contributed by atoms with Gasteiger partial charge in [-0.15, -0.1) is 11.3 Å². The molecule has 0 saturated heterocycles. The Morgan fingerprint density at radius 2 is 2.10 bits per heavy atom. The summed E-state index contributed by atoms with van der Waals surface area (Å²) in [6, 6.07) is 8.45. The maximum atomic E-state index is 10.8. The summed E-state index contributed by atoms with van der Waals surface area (Å²) in [4.78, 5) is 14.9. The minimum absolute atomic E-state index is 0.0631.